The molecule has 0 saturated heterocycles. The van der Waals surface area contributed by atoms with Crippen LogP contribution in [-0.4, -0.2) is 24.5 Å². The zero-order valence-corrected chi connectivity index (χ0v) is 13.8. The van der Waals surface area contributed by atoms with Crippen LogP contribution in [0.3, 0.4) is 0 Å². The summed E-state index contributed by atoms with van der Waals surface area (Å²) in [6, 6.07) is 7.87. The van der Waals surface area contributed by atoms with Crippen LogP contribution in [0.4, 0.5) is 5.69 Å². The fourth-order valence-electron chi connectivity index (χ4n) is 1.74. The van der Waals surface area contributed by atoms with E-state index < -0.39 is 0 Å². The van der Waals surface area contributed by atoms with Crippen LogP contribution in [0, 0.1) is 6.92 Å². The standard InChI is InChI=1S/C15H19N3OS2/c1-11-10-20-15(17-11)21-13-7-5-12(6-8-13)18-14(19)4-3-9-16-2/h5-8,10,16H,3-4,9H2,1-2H3,(H,18,19). The van der Waals surface area contributed by atoms with Crippen LogP contribution in [0.25, 0.3) is 0 Å². The molecule has 0 aliphatic heterocycles. The summed E-state index contributed by atoms with van der Waals surface area (Å²) in [5.41, 5.74) is 1.89. The lowest BCUT2D eigenvalue weighted by molar-refractivity contribution is -0.116. The predicted octanol–water partition coefficient (Wildman–Crippen LogP) is 3.54. The number of aryl methyl sites for hydroxylation is 1. The van der Waals surface area contributed by atoms with E-state index in [1.54, 1.807) is 23.1 Å². The van der Waals surface area contributed by atoms with Crippen molar-refractivity contribution in [2.45, 2.75) is 29.0 Å². The molecule has 0 radical (unpaired) electrons. The van der Waals surface area contributed by atoms with Crippen molar-refractivity contribution >= 4 is 34.7 Å². The van der Waals surface area contributed by atoms with E-state index >= 15 is 0 Å². The van der Waals surface area contributed by atoms with Crippen molar-refractivity contribution in [1.82, 2.24) is 10.3 Å². The first-order chi connectivity index (χ1) is 10.2. The highest BCUT2D eigenvalue weighted by Gasteiger charge is 2.04. The van der Waals surface area contributed by atoms with Gasteiger partial charge in [0.25, 0.3) is 0 Å². The van der Waals surface area contributed by atoms with Crippen LogP contribution in [0.1, 0.15) is 18.5 Å². The monoisotopic (exact) mass is 321 g/mol. The summed E-state index contributed by atoms with van der Waals surface area (Å²) in [6.45, 7) is 2.85. The maximum Gasteiger partial charge on any atom is 0.224 e. The summed E-state index contributed by atoms with van der Waals surface area (Å²) in [5.74, 6) is 0.0567. The molecule has 1 aromatic carbocycles. The number of amides is 1. The van der Waals surface area contributed by atoms with Crippen molar-refractivity contribution in [3.8, 4) is 0 Å². The molecule has 0 saturated carbocycles. The van der Waals surface area contributed by atoms with Gasteiger partial charge in [-0.2, -0.15) is 0 Å². The molecule has 112 valence electrons. The molecule has 0 atom stereocenters. The van der Waals surface area contributed by atoms with Gasteiger partial charge in [-0.1, -0.05) is 11.8 Å². The first-order valence-electron chi connectivity index (χ1n) is 6.82. The largest absolute Gasteiger partial charge is 0.326 e. The Hall–Kier alpha value is -1.37. The zero-order valence-electron chi connectivity index (χ0n) is 12.2. The van der Waals surface area contributed by atoms with Gasteiger partial charge in [-0.05, 0) is 51.2 Å². The van der Waals surface area contributed by atoms with Crippen molar-refractivity contribution in [1.29, 1.82) is 0 Å². The van der Waals surface area contributed by atoms with Gasteiger partial charge < -0.3 is 10.6 Å². The number of hydrogen-bond donors (Lipinski definition) is 2. The lowest BCUT2D eigenvalue weighted by Gasteiger charge is -2.06. The number of nitrogens with one attached hydrogen (secondary N) is 2. The summed E-state index contributed by atoms with van der Waals surface area (Å²) < 4.78 is 1.04. The number of nitrogens with zero attached hydrogens (tertiary/aromatic N) is 1. The molecule has 0 aliphatic rings. The third-order valence-electron chi connectivity index (χ3n) is 2.77. The van der Waals surface area contributed by atoms with Crippen LogP contribution in [0.2, 0.25) is 0 Å². The Morgan fingerprint density at radius 3 is 2.71 bits per heavy atom. The molecule has 2 N–H and O–H groups in total. The van der Waals surface area contributed by atoms with Crippen LogP contribution < -0.4 is 10.6 Å². The quantitative estimate of drug-likeness (QED) is 0.766. The lowest BCUT2D eigenvalue weighted by atomic mass is 10.2. The molecule has 6 heteroatoms. The molecule has 1 amide bonds. The van der Waals surface area contributed by atoms with E-state index in [0.29, 0.717) is 6.42 Å². The highest BCUT2D eigenvalue weighted by Crippen LogP contribution is 2.30. The van der Waals surface area contributed by atoms with Gasteiger partial charge in [-0.15, -0.1) is 11.3 Å². The van der Waals surface area contributed by atoms with Gasteiger partial charge >= 0.3 is 0 Å². The molecular weight excluding hydrogens is 302 g/mol. The third-order valence-corrected chi connectivity index (χ3v) is 4.84. The first-order valence-corrected chi connectivity index (χ1v) is 8.51. The van der Waals surface area contributed by atoms with Crippen molar-refractivity contribution < 1.29 is 4.79 Å². The molecule has 1 aromatic heterocycles. The lowest BCUT2D eigenvalue weighted by Crippen LogP contribution is -2.15. The molecule has 0 unspecified atom stereocenters. The molecule has 0 spiro atoms. The van der Waals surface area contributed by atoms with E-state index in [2.05, 4.69) is 15.6 Å². The van der Waals surface area contributed by atoms with E-state index in [1.165, 1.54) is 0 Å². The van der Waals surface area contributed by atoms with Gasteiger partial charge in [-0.3, -0.25) is 4.79 Å². The Kier molecular flexibility index (Phi) is 6.22. The molecule has 2 rings (SSSR count). The topological polar surface area (TPSA) is 54.0 Å². The summed E-state index contributed by atoms with van der Waals surface area (Å²) in [5, 5.41) is 7.98. The van der Waals surface area contributed by atoms with Crippen molar-refractivity contribution in [2.24, 2.45) is 0 Å². The molecule has 4 nitrogen and oxygen atoms in total. The molecule has 2 aromatic rings. The van der Waals surface area contributed by atoms with Gasteiger partial charge in [0.1, 0.15) is 0 Å². The molecule has 0 fully saturated rings. The SMILES string of the molecule is CNCCCC(=O)Nc1ccc(Sc2nc(C)cs2)cc1. The van der Waals surface area contributed by atoms with E-state index in [4.69, 9.17) is 0 Å². The first kappa shape index (κ1) is 16.0. The second-order valence-electron chi connectivity index (χ2n) is 4.64. The van der Waals surface area contributed by atoms with Gasteiger partial charge in [0.2, 0.25) is 5.91 Å². The summed E-state index contributed by atoms with van der Waals surface area (Å²) in [4.78, 5) is 17.3. The smallest absolute Gasteiger partial charge is 0.224 e. The van der Waals surface area contributed by atoms with E-state index in [9.17, 15) is 4.79 Å². The minimum absolute atomic E-state index is 0.0567. The molecule has 21 heavy (non-hydrogen) atoms. The molecule has 0 aliphatic carbocycles. The normalized spacial score (nSPS) is 10.6. The number of aromatic nitrogens is 1. The van der Waals surface area contributed by atoms with Crippen LogP contribution in [0.5, 0.6) is 0 Å². The van der Waals surface area contributed by atoms with Crippen molar-refractivity contribution in [2.75, 3.05) is 18.9 Å². The average molecular weight is 321 g/mol. The second-order valence-corrected chi connectivity index (χ2v) is 6.82. The number of thiazole rings is 1. The highest BCUT2D eigenvalue weighted by atomic mass is 32.2. The van der Waals surface area contributed by atoms with Gasteiger partial charge in [0.05, 0.1) is 0 Å². The average Bonchev–Trinajstić information content (AvgIpc) is 2.87. The van der Waals surface area contributed by atoms with Gasteiger partial charge in [0.15, 0.2) is 4.34 Å². The number of anilines is 1. The Morgan fingerprint density at radius 1 is 1.33 bits per heavy atom. The number of rotatable bonds is 7. The van der Waals surface area contributed by atoms with Crippen LogP contribution >= 0.6 is 23.1 Å². The maximum absolute atomic E-state index is 11.7. The molecule has 0 bridgehead atoms. The summed E-state index contributed by atoms with van der Waals surface area (Å²) in [6.07, 6.45) is 1.38. The zero-order chi connectivity index (χ0) is 15.1. The Labute approximate surface area is 133 Å². The van der Waals surface area contributed by atoms with Crippen molar-refractivity contribution in [3.63, 3.8) is 0 Å². The van der Waals surface area contributed by atoms with E-state index in [0.717, 1.165) is 33.6 Å². The third kappa shape index (κ3) is 5.49. The van der Waals surface area contributed by atoms with E-state index in [1.807, 2.05) is 43.6 Å². The van der Waals surface area contributed by atoms with Crippen molar-refractivity contribution in [3.05, 3.63) is 35.3 Å². The number of hydrogen-bond acceptors (Lipinski definition) is 5. The Balaban J connectivity index is 1.85. The van der Waals surface area contributed by atoms with E-state index in [-0.39, 0.29) is 5.91 Å². The highest BCUT2D eigenvalue weighted by molar-refractivity contribution is 8.01. The predicted molar refractivity (Wildman–Crippen MR) is 89.2 cm³/mol. The number of carbonyl (C=O) groups excluding carboxylic acids is 1. The Bertz CT molecular complexity index is 581. The minimum Gasteiger partial charge on any atom is -0.326 e. The number of carbonyl (C=O) groups is 1. The van der Waals surface area contributed by atoms with Crippen LogP contribution in [-0.2, 0) is 4.79 Å². The fraction of sp³-hybridized carbons (Fsp3) is 0.333. The summed E-state index contributed by atoms with van der Waals surface area (Å²) >= 11 is 3.29. The molecular formula is C15H19N3OS2. The minimum atomic E-state index is 0.0567. The second kappa shape index (κ2) is 8.17. The summed E-state index contributed by atoms with van der Waals surface area (Å²) in [7, 11) is 1.89. The molecule has 1 heterocycles. The van der Waals surface area contributed by atoms with Gasteiger partial charge in [0, 0.05) is 28.1 Å². The van der Waals surface area contributed by atoms with Gasteiger partial charge in [-0.25, -0.2) is 4.98 Å². The fourth-order valence-corrected chi connectivity index (χ4v) is 3.55. The maximum atomic E-state index is 11.7. The Morgan fingerprint density at radius 2 is 2.10 bits per heavy atom. The number of benzene rings is 1. The van der Waals surface area contributed by atoms with Crippen LogP contribution in [0.15, 0.2) is 38.9 Å².